The molecule has 1 saturated heterocycles. The first-order valence-electron chi connectivity index (χ1n) is 8.00. The molecule has 2 N–H and O–H groups in total. The van der Waals surface area contributed by atoms with Crippen LogP contribution in [0, 0.1) is 0 Å². The summed E-state index contributed by atoms with van der Waals surface area (Å²) in [5.41, 5.74) is 6.33. The van der Waals surface area contributed by atoms with Crippen molar-refractivity contribution in [2.45, 2.75) is 70.9 Å². The third kappa shape index (κ3) is 5.34. The van der Waals surface area contributed by atoms with Gasteiger partial charge in [0.2, 0.25) is 0 Å². The minimum atomic E-state index is -2.86. The van der Waals surface area contributed by atoms with Crippen molar-refractivity contribution in [1.82, 2.24) is 4.90 Å². The van der Waals surface area contributed by atoms with Gasteiger partial charge in [0.25, 0.3) is 0 Å². The Hall–Kier alpha value is -0.130. The molecule has 1 unspecified atom stereocenters. The number of likely N-dealkylation sites (tertiary alicyclic amines) is 1. The Balaban J connectivity index is 2.49. The molecule has 0 bridgehead atoms. The van der Waals surface area contributed by atoms with Crippen LogP contribution in [-0.2, 0) is 9.84 Å². The SMILES string of the molecule is CCS(=O)(=O)CCCC(N)C(C)(C)N1CCCCCC1. The normalized spacial score (nSPS) is 20.6. The van der Waals surface area contributed by atoms with Gasteiger partial charge in [-0.3, -0.25) is 4.90 Å². The van der Waals surface area contributed by atoms with Gasteiger partial charge in [0, 0.05) is 17.3 Å². The second kappa shape index (κ2) is 7.76. The first-order valence-corrected chi connectivity index (χ1v) is 9.83. The molecule has 20 heavy (non-hydrogen) atoms. The van der Waals surface area contributed by atoms with Crippen LogP contribution < -0.4 is 5.73 Å². The van der Waals surface area contributed by atoms with E-state index in [4.69, 9.17) is 5.73 Å². The number of nitrogens with two attached hydrogens (primary N) is 1. The van der Waals surface area contributed by atoms with Crippen LogP contribution in [0.1, 0.15) is 59.3 Å². The summed E-state index contributed by atoms with van der Waals surface area (Å²) in [4.78, 5) is 2.50. The van der Waals surface area contributed by atoms with E-state index in [1.807, 2.05) is 0 Å². The second-order valence-electron chi connectivity index (χ2n) is 6.54. The largest absolute Gasteiger partial charge is 0.326 e. The van der Waals surface area contributed by atoms with Crippen LogP contribution in [0.2, 0.25) is 0 Å². The zero-order valence-corrected chi connectivity index (χ0v) is 14.2. The van der Waals surface area contributed by atoms with Gasteiger partial charge in [-0.05, 0) is 52.6 Å². The maximum Gasteiger partial charge on any atom is 0.150 e. The van der Waals surface area contributed by atoms with Crippen LogP contribution in [0.4, 0.5) is 0 Å². The minimum absolute atomic E-state index is 0.0349. The topological polar surface area (TPSA) is 63.4 Å². The van der Waals surface area contributed by atoms with Crippen molar-refractivity contribution < 1.29 is 8.42 Å². The minimum Gasteiger partial charge on any atom is -0.326 e. The number of nitrogens with zero attached hydrogens (tertiary/aromatic N) is 1. The third-order valence-corrected chi connectivity index (χ3v) is 6.53. The molecule has 0 amide bonds. The van der Waals surface area contributed by atoms with Crippen LogP contribution in [0.25, 0.3) is 0 Å². The fourth-order valence-corrected chi connectivity index (χ4v) is 3.80. The fraction of sp³-hybridized carbons (Fsp3) is 1.00. The molecule has 5 heteroatoms. The van der Waals surface area contributed by atoms with Gasteiger partial charge < -0.3 is 5.73 Å². The molecule has 0 aromatic carbocycles. The van der Waals surface area contributed by atoms with Gasteiger partial charge >= 0.3 is 0 Å². The van der Waals surface area contributed by atoms with Crippen LogP contribution in [0.15, 0.2) is 0 Å². The molecule has 0 aliphatic carbocycles. The molecule has 1 aliphatic heterocycles. The Bertz CT molecular complexity index is 371. The van der Waals surface area contributed by atoms with Gasteiger partial charge in [-0.15, -0.1) is 0 Å². The molecule has 4 nitrogen and oxygen atoms in total. The van der Waals surface area contributed by atoms with Gasteiger partial charge in [0.15, 0.2) is 0 Å². The highest BCUT2D eigenvalue weighted by atomic mass is 32.2. The van der Waals surface area contributed by atoms with Crippen LogP contribution in [0.5, 0.6) is 0 Å². The number of hydrogen-bond acceptors (Lipinski definition) is 4. The highest BCUT2D eigenvalue weighted by molar-refractivity contribution is 7.91. The quantitative estimate of drug-likeness (QED) is 0.783. The molecule has 0 spiro atoms. The Kier molecular flexibility index (Phi) is 6.95. The molecule has 0 aromatic rings. The molecular formula is C15H32N2O2S. The second-order valence-corrected chi connectivity index (χ2v) is 9.01. The summed E-state index contributed by atoms with van der Waals surface area (Å²) in [6.07, 6.45) is 6.59. The van der Waals surface area contributed by atoms with E-state index in [1.54, 1.807) is 6.92 Å². The average molecular weight is 305 g/mol. The summed E-state index contributed by atoms with van der Waals surface area (Å²) in [7, 11) is -2.86. The Labute approximate surface area is 125 Å². The van der Waals surface area contributed by atoms with E-state index in [0.717, 1.165) is 19.5 Å². The van der Waals surface area contributed by atoms with Crippen LogP contribution in [0.3, 0.4) is 0 Å². The molecule has 0 aromatic heterocycles. The smallest absolute Gasteiger partial charge is 0.150 e. The molecule has 120 valence electrons. The summed E-state index contributed by atoms with van der Waals surface area (Å²) >= 11 is 0. The highest BCUT2D eigenvalue weighted by Gasteiger charge is 2.33. The predicted molar refractivity (Wildman–Crippen MR) is 85.7 cm³/mol. The molecule has 0 saturated carbocycles. The van der Waals surface area contributed by atoms with E-state index in [9.17, 15) is 8.42 Å². The van der Waals surface area contributed by atoms with Gasteiger partial charge in [-0.2, -0.15) is 0 Å². The van der Waals surface area contributed by atoms with E-state index in [1.165, 1.54) is 25.7 Å². The summed E-state index contributed by atoms with van der Waals surface area (Å²) in [5.74, 6) is 0.505. The maximum absolute atomic E-state index is 11.5. The van der Waals surface area contributed by atoms with Crippen molar-refractivity contribution in [2.24, 2.45) is 5.73 Å². The van der Waals surface area contributed by atoms with E-state index < -0.39 is 9.84 Å². The molecular weight excluding hydrogens is 272 g/mol. The summed E-state index contributed by atoms with van der Waals surface area (Å²) in [6.45, 7) is 8.35. The molecule has 1 atom stereocenters. The summed E-state index contributed by atoms with van der Waals surface area (Å²) in [5, 5.41) is 0. The van der Waals surface area contributed by atoms with Crippen molar-refractivity contribution in [2.75, 3.05) is 24.6 Å². The molecule has 1 heterocycles. The lowest BCUT2D eigenvalue weighted by molar-refractivity contribution is 0.0946. The number of rotatable bonds is 7. The lowest BCUT2D eigenvalue weighted by Crippen LogP contribution is -2.56. The standard InChI is InChI=1S/C15H32N2O2S/c1-4-20(18,19)13-9-10-14(16)15(2,3)17-11-7-5-6-8-12-17/h14H,4-13,16H2,1-3H3. The Morgan fingerprint density at radius 3 is 2.20 bits per heavy atom. The Morgan fingerprint density at radius 2 is 1.70 bits per heavy atom. The number of hydrogen-bond donors (Lipinski definition) is 1. The van der Waals surface area contributed by atoms with Gasteiger partial charge in [0.05, 0.1) is 5.75 Å². The third-order valence-electron chi connectivity index (χ3n) is 4.74. The van der Waals surface area contributed by atoms with Crippen LogP contribution >= 0.6 is 0 Å². The van der Waals surface area contributed by atoms with Crippen molar-refractivity contribution in [3.05, 3.63) is 0 Å². The van der Waals surface area contributed by atoms with Crippen LogP contribution in [-0.4, -0.2) is 49.5 Å². The lowest BCUT2D eigenvalue weighted by Gasteiger charge is -2.42. The average Bonchev–Trinajstić information content (AvgIpc) is 2.67. The first-order chi connectivity index (χ1) is 9.29. The monoisotopic (exact) mass is 304 g/mol. The zero-order chi connectivity index (χ0) is 15.2. The summed E-state index contributed by atoms with van der Waals surface area (Å²) < 4.78 is 23.1. The summed E-state index contributed by atoms with van der Waals surface area (Å²) in [6, 6.07) is 0.0349. The van der Waals surface area contributed by atoms with E-state index in [-0.39, 0.29) is 23.1 Å². The molecule has 1 rings (SSSR count). The lowest BCUT2D eigenvalue weighted by atomic mass is 9.89. The molecule has 1 fully saturated rings. The van der Waals surface area contributed by atoms with Crippen molar-refractivity contribution in [1.29, 1.82) is 0 Å². The Morgan fingerprint density at radius 1 is 1.15 bits per heavy atom. The number of sulfone groups is 1. The predicted octanol–water partition coefficient (Wildman–Crippen LogP) is 2.18. The van der Waals surface area contributed by atoms with Gasteiger partial charge in [-0.1, -0.05) is 19.8 Å². The maximum atomic E-state index is 11.5. The molecule has 0 radical (unpaired) electrons. The highest BCUT2D eigenvalue weighted by Crippen LogP contribution is 2.24. The van der Waals surface area contributed by atoms with Crippen molar-refractivity contribution in [3.8, 4) is 0 Å². The van der Waals surface area contributed by atoms with E-state index in [2.05, 4.69) is 18.7 Å². The van der Waals surface area contributed by atoms with Gasteiger partial charge in [-0.25, -0.2) is 8.42 Å². The first kappa shape index (κ1) is 17.9. The van der Waals surface area contributed by atoms with Crippen molar-refractivity contribution in [3.63, 3.8) is 0 Å². The van der Waals surface area contributed by atoms with E-state index >= 15 is 0 Å². The molecule has 1 aliphatic rings. The van der Waals surface area contributed by atoms with Gasteiger partial charge in [0.1, 0.15) is 9.84 Å². The van der Waals surface area contributed by atoms with Crippen molar-refractivity contribution >= 4 is 9.84 Å². The zero-order valence-electron chi connectivity index (χ0n) is 13.4. The van der Waals surface area contributed by atoms with E-state index in [0.29, 0.717) is 6.42 Å². The fourth-order valence-electron chi connectivity index (χ4n) is 2.90.